The van der Waals surface area contributed by atoms with Gasteiger partial charge in [-0.05, 0) is 64.3 Å². The Kier molecular flexibility index (Phi) is 5.42. The second-order valence-electron chi connectivity index (χ2n) is 6.56. The van der Waals surface area contributed by atoms with Crippen LogP contribution in [0.4, 0.5) is 4.79 Å². The molecule has 0 N–H and O–H groups in total. The number of likely N-dealkylation sites (tertiary alicyclic amines) is 1. The first-order valence-corrected chi connectivity index (χ1v) is 8.93. The van der Waals surface area contributed by atoms with Crippen LogP contribution < -0.4 is 0 Å². The number of hydrogen-bond acceptors (Lipinski definition) is 4. The van der Waals surface area contributed by atoms with Gasteiger partial charge in [-0.15, -0.1) is 0 Å². The maximum atomic E-state index is 12.9. The summed E-state index contributed by atoms with van der Waals surface area (Å²) in [7, 11) is -1.34. The van der Waals surface area contributed by atoms with Crippen molar-refractivity contribution < 1.29 is 13.7 Å². The molecule has 0 saturated carbocycles. The van der Waals surface area contributed by atoms with Gasteiger partial charge in [0.05, 0.1) is 22.4 Å². The molecule has 0 aliphatic carbocycles. The summed E-state index contributed by atoms with van der Waals surface area (Å²) < 4.78 is 18.3. The fourth-order valence-electron chi connectivity index (χ4n) is 2.47. The monoisotopic (exact) mass is 334 g/mol. The van der Waals surface area contributed by atoms with Gasteiger partial charge in [0.15, 0.2) is 0 Å². The molecule has 5 nitrogen and oxygen atoms in total. The van der Waals surface area contributed by atoms with Crippen LogP contribution in [0.2, 0.25) is 0 Å². The summed E-state index contributed by atoms with van der Waals surface area (Å²) in [6.07, 6.45) is 2.10. The molecule has 2 atom stereocenters. The van der Waals surface area contributed by atoms with Crippen LogP contribution in [0.1, 0.15) is 45.6 Å². The van der Waals surface area contributed by atoms with E-state index in [0.717, 1.165) is 12.8 Å². The molecule has 1 aliphatic heterocycles. The first kappa shape index (κ1) is 17.5. The number of nitriles is 1. The molecule has 23 heavy (non-hydrogen) atoms. The Hall–Kier alpha value is -1.87. The Labute approximate surface area is 139 Å². The predicted octanol–water partition coefficient (Wildman–Crippen LogP) is 3.41. The van der Waals surface area contributed by atoms with Crippen LogP contribution in [0.25, 0.3) is 0 Å². The van der Waals surface area contributed by atoms with E-state index in [2.05, 4.69) is 0 Å². The Morgan fingerprint density at radius 2 is 1.96 bits per heavy atom. The Morgan fingerprint density at radius 1 is 1.30 bits per heavy atom. The number of rotatable bonds is 2. The molecule has 1 fully saturated rings. The van der Waals surface area contributed by atoms with Gasteiger partial charge in [-0.2, -0.15) is 5.26 Å². The molecular weight excluding hydrogens is 312 g/mol. The summed E-state index contributed by atoms with van der Waals surface area (Å²) in [5.41, 5.74) is -0.0481. The van der Waals surface area contributed by atoms with E-state index in [1.54, 1.807) is 29.2 Å². The third kappa shape index (κ3) is 4.55. The fourth-order valence-corrected chi connectivity index (χ4v) is 4.00. The Balaban J connectivity index is 2.18. The third-order valence-electron chi connectivity index (χ3n) is 3.54. The Bertz CT molecular complexity index is 629. The lowest BCUT2D eigenvalue weighted by molar-refractivity contribution is 0.0182. The average molecular weight is 334 g/mol. The molecule has 2 unspecified atom stereocenters. The van der Waals surface area contributed by atoms with Gasteiger partial charge in [0, 0.05) is 11.4 Å². The van der Waals surface area contributed by atoms with E-state index >= 15 is 0 Å². The summed E-state index contributed by atoms with van der Waals surface area (Å²) in [6, 6.07) is 8.72. The third-order valence-corrected chi connectivity index (χ3v) is 5.26. The van der Waals surface area contributed by atoms with Crippen LogP contribution in [0.5, 0.6) is 0 Å². The summed E-state index contributed by atoms with van der Waals surface area (Å²) in [5, 5.41) is 8.46. The van der Waals surface area contributed by atoms with Crippen LogP contribution in [0, 0.1) is 11.3 Å². The number of carbonyl (C=O) groups excluding carboxylic acids is 1. The van der Waals surface area contributed by atoms with E-state index in [0.29, 0.717) is 23.4 Å². The van der Waals surface area contributed by atoms with Gasteiger partial charge < -0.3 is 4.74 Å². The van der Waals surface area contributed by atoms with E-state index in [-0.39, 0.29) is 5.37 Å². The van der Waals surface area contributed by atoms with E-state index in [9.17, 15) is 9.00 Å². The Morgan fingerprint density at radius 3 is 2.52 bits per heavy atom. The first-order valence-electron chi connectivity index (χ1n) is 7.72. The number of benzene rings is 1. The average Bonchev–Trinajstić information content (AvgIpc) is 2.52. The van der Waals surface area contributed by atoms with Crippen LogP contribution in [-0.2, 0) is 15.5 Å². The summed E-state index contributed by atoms with van der Waals surface area (Å²) in [6.45, 7) is 6.02. The lowest BCUT2D eigenvalue weighted by Gasteiger charge is -2.36. The molecule has 1 aliphatic rings. The van der Waals surface area contributed by atoms with E-state index < -0.39 is 22.5 Å². The molecule has 1 aromatic rings. The molecule has 1 amide bonds. The van der Waals surface area contributed by atoms with Crippen molar-refractivity contribution >= 4 is 16.9 Å². The number of amides is 1. The molecule has 124 valence electrons. The minimum Gasteiger partial charge on any atom is -0.444 e. The highest BCUT2D eigenvalue weighted by atomic mass is 32.2. The zero-order valence-electron chi connectivity index (χ0n) is 13.7. The van der Waals surface area contributed by atoms with Crippen LogP contribution in [0.3, 0.4) is 0 Å². The molecule has 1 saturated heterocycles. The standard InChI is InChI=1S/C17H22N2O3S/c1-17(2,3)22-16(20)19-11-5-4-6-15(19)23(21)14-9-7-13(12-18)8-10-14/h7-10,15H,4-6,11H2,1-3H3. The van der Waals surface area contributed by atoms with E-state index in [1.165, 1.54) is 0 Å². The van der Waals surface area contributed by atoms with Gasteiger partial charge in [0.25, 0.3) is 0 Å². The van der Waals surface area contributed by atoms with E-state index in [4.69, 9.17) is 10.00 Å². The van der Waals surface area contributed by atoms with Crippen molar-refractivity contribution in [2.75, 3.05) is 6.54 Å². The summed E-state index contributed by atoms with van der Waals surface area (Å²) in [4.78, 5) is 14.6. The minimum atomic E-state index is -1.34. The van der Waals surface area contributed by atoms with Crippen LogP contribution in [0.15, 0.2) is 29.2 Å². The predicted molar refractivity (Wildman–Crippen MR) is 88.1 cm³/mol. The molecule has 1 aromatic carbocycles. The first-order chi connectivity index (χ1) is 10.8. The van der Waals surface area contributed by atoms with Crippen molar-refractivity contribution in [3.05, 3.63) is 29.8 Å². The number of hydrogen-bond donors (Lipinski definition) is 0. The van der Waals surface area contributed by atoms with Crippen molar-refractivity contribution in [2.24, 2.45) is 0 Å². The highest BCUT2D eigenvalue weighted by Crippen LogP contribution is 2.26. The van der Waals surface area contributed by atoms with Crippen molar-refractivity contribution in [3.63, 3.8) is 0 Å². The van der Waals surface area contributed by atoms with Crippen molar-refractivity contribution in [1.29, 1.82) is 5.26 Å². The van der Waals surface area contributed by atoms with Crippen LogP contribution in [-0.4, -0.2) is 32.7 Å². The number of ether oxygens (including phenoxy) is 1. The molecule has 1 heterocycles. The van der Waals surface area contributed by atoms with Gasteiger partial charge in [0.1, 0.15) is 11.0 Å². The molecule has 6 heteroatoms. The molecular formula is C17H22N2O3S. The normalized spacial score (nSPS) is 19.7. The smallest absolute Gasteiger partial charge is 0.411 e. The van der Waals surface area contributed by atoms with Gasteiger partial charge in [-0.25, -0.2) is 4.79 Å². The fraction of sp³-hybridized carbons (Fsp3) is 0.529. The van der Waals surface area contributed by atoms with Gasteiger partial charge in [-0.3, -0.25) is 9.11 Å². The molecule has 0 spiro atoms. The highest BCUT2D eigenvalue weighted by Gasteiger charge is 2.34. The number of carbonyl (C=O) groups is 1. The highest BCUT2D eigenvalue weighted by molar-refractivity contribution is 7.85. The van der Waals surface area contributed by atoms with Crippen molar-refractivity contribution in [1.82, 2.24) is 4.90 Å². The maximum Gasteiger partial charge on any atom is 0.411 e. The molecule has 2 rings (SSSR count). The molecule has 0 bridgehead atoms. The second kappa shape index (κ2) is 7.14. The molecule has 0 radical (unpaired) electrons. The quantitative estimate of drug-likeness (QED) is 0.831. The lowest BCUT2D eigenvalue weighted by Crippen LogP contribution is -2.48. The number of piperidine rings is 1. The SMILES string of the molecule is CC(C)(C)OC(=O)N1CCCCC1S(=O)c1ccc(C#N)cc1. The van der Waals surface area contributed by atoms with Crippen LogP contribution >= 0.6 is 0 Å². The topological polar surface area (TPSA) is 70.4 Å². The van der Waals surface area contributed by atoms with E-state index in [1.807, 2.05) is 26.8 Å². The summed E-state index contributed by atoms with van der Waals surface area (Å²) in [5.74, 6) is 0. The maximum absolute atomic E-state index is 12.9. The zero-order valence-corrected chi connectivity index (χ0v) is 14.6. The zero-order chi connectivity index (χ0) is 17.0. The molecule has 0 aromatic heterocycles. The lowest BCUT2D eigenvalue weighted by atomic mass is 10.1. The van der Waals surface area contributed by atoms with Gasteiger partial charge in [0.2, 0.25) is 0 Å². The summed E-state index contributed by atoms with van der Waals surface area (Å²) >= 11 is 0. The van der Waals surface area contributed by atoms with Gasteiger partial charge in [-0.1, -0.05) is 0 Å². The number of nitrogens with zero attached hydrogens (tertiary/aromatic N) is 2. The largest absolute Gasteiger partial charge is 0.444 e. The van der Waals surface area contributed by atoms with Gasteiger partial charge >= 0.3 is 6.09 Å². The van der Waals surface area contributed by atoms with Crippen molar-refractivity contribution in [2.45, 2.75) is 55.9 Å². The van der Waals surface area contributed by atoms with Crippen molar-refractivity contribution in [3.8, 4) is 6.07 Å². The minimum absolute atomic E-state index is 0.383. The second-order valence-corrected chi connectivity index (χ2v) is 8.17.